The molecule has 142 valence electrons. The molecule has 2 heterocycles. The predicted octanol–water partition coefficient (Wildman–Crippen LogP) is 4.46. The number of ether oxygens (including phenoxy) is 2. The Bertz CT molecular complexity index is 916. The van der Waals surface area contributed by atoms with Gasteiger partial charge in [0.1, 0.15) is 22.8 Å². The van der Waals surface area contributed by atoms with E-state index in [1.165, 1.54) is 6.07 Å². The number of hydrogen-bond donors (Lipinski definition) is 2. The number of benzene rings is 2. The van der Waals surface area contributed by atoms with Crippen molar-refractivity contribution in [2.75, 3.05) is 0 Å². The maximum absolute atomic E-state index is 12.8. The molecule has 27 heavy (non-hydrogen) atoms. The predicted molar refractivity (Wildman–Crippen MR) is 100 cm³/mol. The minimum Gasteiger partial charge on any atom is -0.507 e. The molecule has 4 rings (SSSR count). The van der Waals surface area contributed by atoms with Crippen LogP contribution in [-0.4, -0.2) is 21.6 Å². The number of Topliss-reactive ketones (excluding diaryl/α,β-unsaturated/α-hetero) is 1. The summed E-state index contributed by atoms with van der Waals surface area (Å²) < 4.78 is 12.7. The van der Waals surface area contributed by atoms with E-state index in [2.05, 4.69) is 0 Å². The Morgan fingerprint density at radius 1 is 1.15 bits per heavy atom. The van der Waals surface area contributed by atoms with Crippen molar-refractivity contribution in [3.8, 4) is 17.2 Å². The van der Waals surface area contributed by atoms with Gasteiger partial charge in [-0.15, -0.1) is 0 Å². The van der Waals surface area contributed by atoms with Crippen LogP contribution in [0.3, 0.4) is 0 Å². The zero-order valence-electron chi connectivity index (χ0n) is 15.9. The standard InChI is InChI=1S/C22H24O5/c1-12(2)19(25)18-16(24)10-15(23)17-14-11-22(26-20(17)18,27-21(14,3)4)13-8-6-5-7-9-13/h5-10,12,14,23-24H,11H2,1-4H3/t14-,22+/m0/s1. The first-order valence-electron chi connectivity index (χ1n) is 9.24. The number of aromatic hydroxyl groups is 2. The number of fused-ring (bicyclic) bond motifs is 4. The molecular formula is C22H24O5. The van der Waals surface area contributed by atoms with Crippen molar-refractivity contribution in [3.05, 3.63) is 53.1 Å². The molecule has 5 nitrogen and oxygen atoms in total. The molecule has 5 heteroatoms. The molecular weight excluding hydrogens is 344 g/mol. The van der Waals surface area contributed by atoms with E-state index in [0.29, 0.717) is 12.0 Å². The van der Waals surface area contributed by atoms with Crippen LogP contribution in [0.4, 0.5) is 0 Å². The molecule has 0 amide bonds. The second-order valence-corrected chi connectivity index (χ2v) is 8.23. The lowest BCUT2D eigenvalue weighted by Crippen LogP contribution is -2.36. The summed E-state index contributed by atoms with van der Waals surface area (Å²) in [4.78, 5) is 12.8. The van der Waals surface area contributed by atoms with Crippen molar-refractivity contribution in [3.63, 3.8) is 0 Å². The molecule has 2 N–H and O–H groups in total. The van der Waals surface area contributed by atoms with E-state index in [4.69, 9.17) is 9.47 Å². The first kappa shape index (κ1) is 17.9. The minimum atomic E-state index is -1.06. The molecule has 0 unspecified atom stereocenters. The summed E-state index contributed by atoms with van der Waals surface area (Å²) in [6.45, 7) is 7.45. The first-order valence-corrected chi connectivity index (χ1v) is 9.24. The van der Waals surface area contributed by atoms with Gasteiger partial charge in [-0.2, -0.15) is 0 Å². The van der Waals surface area contributed by atoms with Gasteiger partial charge in [0.25, 0.3) is 0 Å². The molecule has 0 aromatic heterocycles. The van der Waals surface area contributed by atoms with E-state index >= 15 is 0 Å². The highest BCUT2D eigenvalue weighted by Crippen LogP contribution is 2.62. The van der Waals surface area contributed by atoms with Gasteiger partial charge in [-0.25, -0.2) is 0 Å². The number of ketones is 1. The Kier molecular flexibility index (Phi) is 3.79. The number of phenols is 2. The van der Waals surface area contributed by atoms with E-state index < -0.39 is 11.4 Å². The molecule has 2 bridgehead atoms. The Hall–Kier alpha value is -2.53. The number of rotatable bonds is 3. The van der Waals surface area contributed by atoms with E-state index in [0.717, 1.165) is 5.56 Å². The third-order valence-corrected chi connectivity index (χ3v) is 5.62. The minimum absolute atomic E-state index is 0.0759. The molecule has 2 aliphatic heterocycles. The first-order chi connectivity index (χ1) is 12.7. The van der Waals surface area contributed by atoms with Gasteiger partial charge in [0.15, 0.2) is 5.78 Å². The van der Waals surface area contributed by atoms with Crippen LogP contribution in [0.25, 0.3) is 0 Å². The molecule has 2 aromatic rings. The summed E-state index contributed by atoms with van der Waals surface area (Å²) in [6, 6.07) is 10.8. The highest BCUT2D eigenvalue weighted by Gasteiger charge is 2.59. The van der Waals surface area contributed by atoms with Crippen molar-refractivity contribution >= 4 is 5.78 Å². The Morgan fingerprint density at radius 2 is 1.81 bits per heavy atom. The van der Waals surface area contributed by atoms with Gasteiger partial charge < -0.3 is 19.7 Å². The Labute approximate surface area is 158 Å². The highest BCUT2D eigenvalue weighted by atomic mass is 16.7. The smallest absolute Gasteiger partial charge is 0.238 e. The third-order valence-electron chi connectivity index (χ3n) is 5.62. The molecule has 0 aliphatic carbocycles. The monoisotopic (exact) mass is 368 g/mol. The fourth-order valence-corrected chi connectivity index (χ4v) is 4.27. The van der Waals surface area contributed by atoms with Crippen molar-refractivity contribution in [1.82, 2.24) is 0 Å². The van der Waals surface area contributed by atoms with Crippen LogP contribution in [0.1, 0.15) is 61.5 Å². The van der Waals surface area contributed by atoms with E-state index in [1.807, 2.05) is 44.2 Å². The van der Waals surface area contributed by atoms with Crippen LogP contribution in [0, 0.1) is 5.92 Å². The van der Waals surface area contributed by atoms with Gasteiger partial charge in [-0.1, -0.05) is 44.2 Å². The van der Waals surface area contributed by atoms with Crippen LogP contribution >= 0.6 is 0 Å². The van der Waals surface area contributed by atoms with Gasteiger partial charge in [0.05, 0.1) is 5.60 Å². The van der Waals surface area contributed by atoms with Crippen molar-refractivity contribution in [2.45, 2.75) is 51.4 Å². The highest BCUT2D eigenvalue weighted by molar-refractivity contribution is 6.03. The molecule has 0 spiro atoms. The quantitative estimate of drug-likeness (QED) is 0.782. The molecule has 0 saturated carbocycles. The summed E-state index contributed by atoms with van der Waals surface area (Å²) in [6.07, 6.45) is 0.519. The van der Waals surface area contributed by atoms with Gasteiger partial charge in [0, 0.05) is 35.4 Å². The van der Waals surface area contributed by atoms with Gasteiger partial charge >= 0.3 is 0 Å². The lowest BCUT2D eigenvalue weighted by Gasteiger charge is -2.35. The van der Waals surface area contributed by atoms with Gasteiger partial charge in [-0.05, 0) is 13.8 Å². The largest absolute Gasteiger partial charge is 0.507 e. The lowest BCUT2D eigenvalue weighted by molar-refractivity contribution is -0.202. The molecule has 0 radical (unpaired) electrons. The average Bonchev–Trinajstić information content (AvgIpc) is 2.82. The number of carbonyl (C=O) groups is 1. The zero-order valence-corrected chi connectivity index (χ0v) is 15.9. The third kappa shape index (κ3) is 2.52. The zero-order chi connectivity index (χ0) is 19.6. The SMILES string of the molecule is CC(C)C(=O)c1c(O)cc(O)c2c1O[C@]1(c3ccccc3)C[C@@H]2C(C)(C)O1. The number of phenolic OH excluding ortho intramolecular Hbond substituents is 2. The summed E-state index contributed by atoms with van der Waals surface area (Å²) in [7, 11) is 0. The second-order valence-electron chi connectivity index (χ2n) is 8.23. The van der Waals surface area contributed by atoms with Crippen molar-refractivity contribution < 1.29 is 24.5 Å². The van der Waals surface area contributed by atoms with Crippen molar-refractivity contribution in [1.29, 1.82) is 0 Å². The summed E-state index contributed by atoms with van der Waals surface area (Å²) >= 11 is 0. The topological polar surface area (TPSA) is 76.0 Å². The van der Waals surface area contributed by atoms with E-state index in [1.54, 1.807) is 13.8 Å². The Morgan fingerprint density at radius 3 is 2.44 bits per heavy atom. The normalized spacial score (nSPS) is 25.1. The second kappa shape index (κ2) is 5.73. The van der Waals surface area contributed by atoms with E-state index in [-0.39, 0.29) is 40.4 Å². The van der Waals surface area contributed by atoms with Crippen molar-refractivity contribution in [2.24, 2.45) is 5.92 Å². The Balaban J connectivity index is 1.99. The van der Waals surface area contributed by atoms with Crippen LogP contribution in [0.2, 0.25) is 0 Å². The van der Waals surface area contributed by atoms with Crippen LogP contribution < -0.4 is 4.74 Å². The molecule has 2 atom stereocenters. The maximum Gasteiger partial charge on any atom is 0.238 e. The summed E-state index contributed by atoms with van der Waals surface area (Å²) in [5.74, 6) is -1.91. The van der Waals surface area contributed by atoms with Gasteiger partial charge in [0.2, 0.25) is 5.79 Å². The average molecular weight is 368 g/mol. The molecule has 1 saturated heterocycles. The number of hydrogen-bond acceptors (Lipinski definition) is 5. The van der Waals surface area contributed by atoms with Crippen LogP contribution in [0.15, 0.2) is 36.4 Å². The fourth-order valence-electron chi connectivity index (χ4n) is 4.27. The fraction of sp³-hybridized carbons (Fsp3) is 0.409. The summed E-state index contributed by atoms with van der Waals surface area (Å²) in [5, 5.41) is 21.0. The lowest BCUT2D eigenvalue weighted by atomic mass is 9.78. The van der Waals surface area contributed by atoms with E-state index in [9.17, 15) is 15.0 Å². The number of carbonyl (C=O) groups excluding carboxylic acids is 1. The maximum atomic E-state index is 12.8. The molecule has 2 aromatic carbocycles. The van der Waals surface area contributed by atoms with Crippen LogP contribution in [0.5, 0.6) is 17.2 Å². The van der Waals surface area contributed by atoms with Crippen LogP contribution in [-0.2, 0) is 10.5 Å². The summed E-state index contributed by atoms with van der Waals surface area (Å²) in [5.41, 5.74) is 0.875. The molecule has 2 aliphatic rings. The molecule has 1 fully saturated rings. The van der Waals surface area contributed by atoms with Gasteiger partial charge in [-0.3, -0.25) is 4.79 Å².